The molecule has 0 spiro atoms. The van der Waals surface area contributed by atoms with Gasteiger partial charge in [0.25, 0.3) is 0 Å². The molecular formula is C24H46N2O5. The van der Waals surface area contributed by atoms with Crippen LogP contribution in [0.1, 0.15) is 104 Å². The van der Waals surface area contributed by atoms with Crippen molar-refractivity contribution in [2.75, 3.05) is 13.2 Å². The molecule has 1 saturated heterocycles. The second-order valence-corrected chi connectivity index (χ2v) is 9.16. The zero-order valence-corrected chi connectivity index (χ0v) is 20.0. The molecule has 3 atom stereocenters. The molecule has 3 N–H and O–H groups in total. The summed E-state index contributed by atoms with van der Waals surface area (Å²) in [5, 5.41) is 15.2. The second kappa shape index (κ2) is 17.2. The number of ether oxygens (including phenoxy) is 2. The summed E-state index contributed by atoms with van der Waals surface area (Å²) in [7, 11) is 0. The number of hydrogen-bond donors (Lipinski definition) is 3. The SMILES string of the molecule is CCCCCCCCCCCCCOC(=O)NC(CC(C)C)C(=O)NC1CCOC1O. The first-order chi connectivity index (χ1) is 14.9. The molecule has 0 radical (unpaired) electrons. The Kier molecular flexibility index (Phi) is 15.4. The Morgan fingerprint density at radius 3 is 2.10 bits per heavy atom. The molecule has 0 saturated carbocycles. The maximum absolute atomic E-state index is 12.5. The van der Waals surface area contributed by atoms with E-state index in [4.69, 9.17) is 9.47 Å². The van der Waals surface area contributed by atoms with Gasteiger partial charge in [-0.15, -0.1) is 0 Å². The third kappa shape index (κ3) is 13.6. The van der Waals surface area contributed by atoms with E-state index in [1.54, 1.807) is 0 Å². The van der Waals surface area contributed by atoms with Crippen molar-refractivity contribution in [3.05, 3.63) is 0 Å². The van der Waals surface area contributed by atoms with Crippen LogP contribution in [0.3, 0.4) is 0 Å². The number of aliphatic hydroxyl groups excluding tert-OH is 1. The number of nitrogens with one attached hydrogen (secondary N) is 2. The van der Waals surface area contributed by atoms with Crippen molar-refractivity contribution in [3.63, 3.8) is 0 Å². The van der Waals surface area contributed by atoms with E-state index < -0.39 is 24.5 Å². The van der Waals surface area contributed by atoms with Crippen molar-refractivity contribution >= 4 is 12.0 Å². The highest BCUT2D eigenvalue weighted by molar-refractivity contribution is 5.85. The lowest BCUT2D eigenvalue weighted by molar-refractivity contribution is -0.127. The van der Waals surface area contributed by atoms with Gasteiger partial charge >= 0.3 is 6.09 Å². The first-order valence-corrected chi connectivity index (χ1v) is 12.5. The molecule has 31 heavy (non-hydrogen) atoms. The Balaban J connectivity index is 2.13. The maximum atomic E-state index is 12.5. The average molecular weight is 443 g/mol. The van der Waals surface area contributed by atoms with Crippen molar-refractivity contribution in [2.45, 2.75) is 123 Å². The van der Waals surface area contributed by atoms with Crippen LogP contribution in [0.25, 0.3) is 0 Å². The minimum Gasteiger partial charge on any atom is -0.450 e. The van der Waals surface area contributed by atoms with Gasteiger partial charge in [0, 0.05) is 0 Å². The van der Waals surface area contributed by atoms with Gasteiger partial charge < -0.3 is 25.2 Å². The Hall–Kier alpha value is -1.34. The monoisotopic (exact) mass is 442 g/mol. The van der Waals surface area contributed by atoms with Gasteiger partial charge in [0.2, 0.25) is 5.91 Å². The first kappa shape index (κ1) is 27.7. The fraction of sp³-hybridized carbons (Fsp3) is 0.917. The van der Waals surface area contributed by atoms with Gasteiger partial charge in [-0.2, -0.15) is 0 Å². The highest BCUT2D eigenvalue weighted by Crippen LogP contribution is 2.13. The lowest BCUT2D eigenvalue weighted by Crippen LogP contribution is -2.52. The standard InChI is InChI=1S/C24H46N2O5/c1-4-5-6-7-8-9-10-11-12-13-14-16-31-24(29)26-21(18-19(2)3)22(27)25-20-15-17-30-23(20)28/h19-21,23,28H,4-18H2,1-3H3,(H,25,27)(H,26,29). The lowest BCUT2D eigenvalue weighted by Gasteiger charge is -2.23. The molecule has 7 nitrogen and oxygen atoms in total. The van der Waals surface area contributed by atoms with E-state index in [1.807, 2.05) is 13.8 Å². The Morgan fingerprint density at radius 2 is 1.58 bits per heavy atom. The molecule has 1 aliphatic heterocycles. The smallest absolute Gasteiger partial charge is 0.407 e. The van der Waals surface area contributed by atoms with Crippen LogP contribution in [0.2, 0.25) is 0 Å². The summed E-state index contributed by atoms with van der Waals surface area (Å²) in [5.41, 5.74) is 0. The van der Waals surface area contributed by atoms with Gasteiger partial charge in [-0.1, -0.05) is 85.0 Å². The summed E-state index contributed by atoms with van der Waals surface area (Å²) < 4.78 is 10.3. The van der Waals surface area contributed by atoms with Crippen molar-refractivity contribution in [1.29, 1.82) is 0 Å². The van der Waals surface area contributed by atoms with Crippen molar-refractivity contribution < 1.29 is 24.2 Å². The molecule has 1 heterocycles. The summed E-state index contributed by atoms with van der Waals surface area (Å²) in [6.45, 7) is 7.01. The fourth-order valence-electron chi connectivity index (χ4n) is 3.82. The number of carbonyl (C=O) groups is 2. The quantitative estimate of drug-likeness (QED) is 0.285. The summed E-state index contributed by atoms with van der Waals surface area (Å²) >= 11 is 0. The third-order valence-electron chi connectivity index (χ3n) is 5.69. The first-order valence-electron chi connectivity index (χ1n) is 12.5. The van der Waals surface area contributed by atoms with Crippen LogP contribution in [0.15, 0.2) is 0 Å². The Morgan fingerprint density at radius 1 is 1.00 bits per heavy atom. The molecule has 7 heteroatoms. The van der Waals surface area contributed by atoms with E-state index in [0.717, 1.165) is 12.8 Å². The molecule has 1 rings (SSSR count). The molecule has 0 aromatic rings. The van der Waals surface area contributed by atoms with Crippen LogP contribution in [-0.2, 0) is 14.3 Å². The van der Waals surface area contributed by atoms with E-state index >= 15 is 0 Å². The molecule has 2 amide bonds. The van der Waals surface area contributed by atoms with E-state index in [1.165, 1.54) is 57.8 Å². The zero-order chi connectivity index (χ0) is 22.9. The lowest BCUT2D eigenvalue weighted by atomic mass is 10.0. The van der Waals surface area contributed by atoms with Gasteiger partial charge in [-0.25, -0.2) is 4.79 Å². The number of unbranched alkanes of at least 4 members (excludes halogenated alkanes) is 10. The van der Waals surface area contributed by atoms with Gasteiger partial charge in [0.1, 0.15) is 6.04 Å². The van der Waals surface area contributed by atoms with Crippen molar-refractivity contribution in [1.82, 2.24) is 10.6 Å². The van der Waals surface area contributed by atoms with E-state index in [9.17, 15) is 14.7 Å². The van der Waals surface area contributed by atoms with Crippen molar-refractivity contribution in [3.8, 4) is 0 Å². The number of alkyl carbamates (subject to hydrolysis) is 1. The fourth-order valence-corrected chi connectivity index (χ4v) is 3.82. The Labute approximate surface area is 189 Å². The molecule has 1 aliphatic rings. The highest BCUT2D eigenvalue weighted by Gasteiger charge is 2.31. The van der Waals surface area contributed by atoms with Crippen LogP contribution in [0.5, 0.6) is 0 Å². The van der Waals surface area contributed by atoms with Crippen LogP contribution in [0.4, 0.5) is 4.79 Å². The van der Waals surface area contributed by atoms with Gasteiger partial charge in [0.15, 0.2) is 6.29 Å². The topological polar surface area (TPSA) is 96.9 Å². The molecule has 0 aromatic heterocycles. The molecule has 1 fully saturated rings. The number of aliphatic hydroxyl groups is 1. The molecule has 0 aromatic carbocycles. The third-order valence-corrected chi connectivity index (χ3v) is 5.69. The van der Waals surface area contributed by atoms with Gasteiger partial charge in [0.05, 0.1) is 19.3 Å². The number of hydrogen-bond acceptors (Lipinski definition) is 5. The molecule has 3 unspecified atom stereocenters. The molecule has 0 aliphatic carbocycles. The minimum atomic E-state index is -0.989. The van der Waals surface area contributed by atoms with E-state index in [2.05, 4.69) is 17.6 Å². The molecule has 0 bridgehead atoms. The summed E-state index contributed by atoms with van der Waals surface area (Å²) in [6, 6.07) is -1.12. The maximum Gasteiger partial charge on any atom is 0.407 e. The van der Waals surface area contributed by atoms with Crippen LogP contribution in [0, 0.1) is 5.92 Å². The van der Waals surface area contributed by atoms with E-state index in [-0.39, 0.29) is 11.8 Å². The second-order valence-electron chi connectivity index (χ2n) is 9.16. The zero-order valence-electron chi connectivity index (χ0n) is 20.0. The predicted molar refractivity (Wildman–Crippen MR) is 123 cm³/mol. The normalized spacial score (nSPS) is 19.4. The Bertz CT molecular complexity index is 487. The molecular weight excluding hydrogens is 396 g/mol. The predicted octanol–water partition coefficient (Wildman–Crippen LogP) is 4.66. The minimum absolute atomic E-state index is 0.229. The van der Waals surface area contributed by atoms with Crippen molar-refractivity contribution in [2.24, 2.45) is 5.92 Å². The number of amides is 2. The van der Waals surface area contributed by atoms with Crippen LogP contribution >= 0.6 is 0 Å². The van der Waals surface area contributed by atoms with Crippen LogP contribution in [-0.4, -0.2) is 48.7 Å². The van der Waals surface area contributed by atoms with Gasteiger partial charge in [-0.05, 0) is 25.2 Å². The number of rotatable bonds is 17. The number of carbonyl (C=O) groups excluding carboxylic acids is 2. The summed E-state index contributed by atoms with van der Waals surface area (Å²) in [5.74, 6) is -0.0812. The molecule has 182 valence electrons. The largest absolute Gasteiger partial charge is 0.450 e. The van der Waals surface area contributed by atoms with Gasteiger partial charge in [-0.3, -0.25) is 4.79 Å². The van der Waals surface area contributed by atoms with E-state index in [0.29, 0.717) is 26.1 Å². The summed E-state index contributed by atoms with van der Waals surface area (Å²) in [6.07, 6.45) is 13.2. The summed E-state index contributed by atoms with van der Waals surface area (Å²) in [4.78, 5) is 24.7. The highest BCUT2D eigenvalue weighted by atomic mass is 16.6. The average Bonchev–Trinajstić information content (AvgIpc) is 3.12. The van der Waals surface area contributed by atoms with Crippen LogP contribution < -0.4 is 10.6 Å².